The number of carbonyl (C=O) groups is 1. The first-order valence-electron chi connectivity index (χ1n) is 9.86. The lowest BCUT2D eigenvalue weighted by atomic mass is 10.0. The second-order valence-electron chi connectivity index (χ2n) is 8.13. The van der Waals surface area contributed by atoms with Crippen LogP contribution in [0.1, 0.15) is 34.6 Å². The number of halogens is 4. The Kier molecular flexibility index (Phi) is 4.52. The minimum absolute atomic E-state index is 0.130. The first-order valence-corrected chi connectivity index (χ1v) is 10.2. The molecule has 3 heterocycles. The number of aromatic nitrogens is 2. The highest BCUT2D eigenvalue weighted by molar-refractivity contribution is 6.30. The molecule has 1 fully saturated rings. The summed E-state index contributed by atoms with van der Waals surface area (Å²) in [6.07, 6.45) is -3.40. The Morgan fingerprint density at radius 2 is 2.07 bits per heavy atom. The van der Waals surface area contributed by atoms with E-state index >= 15 is 0 Å². The molecule has 2 aliphatic heterocycles. The summed E-state index contributed by atoms with van der Waals surface area (Å²) in [5.74, 6) is 0.389. The van der Waals surface area contributed by atoms with E-state index in [-0.39, 0.29) is 43.6 Å². The molecule has 1 atom stereocenters. The van der Waals surface area contributed by atoms with E-state index in [2.05, 4.69) is 10.4 Å². The highest BCUT2D eigenvalue weighted by atomic mass is 35.5. The number of amides is 1. The smallest absolute Gasteiger partial charge is 0.406 e. The third-order valence-corrected chi connectivity index (χ3v) is 6.39. The van der Waals surface area contributed by atoms with Crippen LogP contribution in [-0.4, -0.2) is 51.5 Å². The molecule has 1 aliphatic carbocycles. The Morgan fingerprint density at radius 1 is 1.27 bits per heavy atom. The van der Waals surface area contributed by atoms with E-state index in [1.54, 1.807) is 22.9 Å². The number of carbonyl (C=O) groups excluding carboxylic acids is 1. The SMILES string of the molecule is O=C(N[C@H]1COc2ccc(Cl)cc2C1)c1cc2n(n1)CCN(C1(C(F)(F)F)CC1)C2. The van der Waals surface area contributed by atoms with Crippen molar-refractivity contribution >= 4 is 17.5 Å². The van der Waals surface area contributed by atoms with Gasteiger partial charge in [0.2, 0.25) is 0 Å². The Balaban J connectivity index is 1.27. The van der Waals surface area contributed by atoms with Crippen molar-refractivity contribution in [3.63, 3.8) is 0 Å². The first-order chi connectivity index (χ1) is 14.2. The van der Waals surface area contributed by atoms with Crippen molar-refractivity contribution in [2.45, 2.75) is 50.1 Å². The number of fused-ring (bicyclic) bond motifs is 2. The fourth-order valence-electron chi connectivity index (χ4n) is 4.36. The molecule has 1 amide bonds. The summed E-state index contributed by atoms with van der Waals surface area (Å²) in [6, 6.07) is 6.72. The monoisotopic (exact) mass is 440 g/mol. The summed E-state index contributed by atoms with van der Waals surface area (Å²) in [6.45, 7) is 1.07. The normalized spacial score (nSPS) is 22.6. The van der Waals surface area contributed by atoms with Crippen LogP contribution in [0.25, 0.3) is 0 Å². The topological polar surface area (TPSA) is 59.4 Å². The maximum Gasteiger partial charge on any atom is 0.406 e. The van der Waals surface area contributed by atoms with Crippen LogP contribution in [0.15, 0.2) is 24.3 Å². The zero-order chi connectivity index (χ0) is 21.1. The quantitative estimate of drug-likeness (QED) is 0.796. The number of nitrogens with zero attached hydrogens (tertiary/aromatic N) is 3. The molecule has 0 radical (unpaired) electrons. The highest BCUT2D eigenvalue weighted by Crippen LogP contribution is 2.54. The molecule has 3 aliphatic rings. The predicted molar refractivity (Wildman–Crippen MR) is 103 cm³/mol. The van der Waals surface area contributed by atoms with Gasteiger partial charge in [0.25, 0.3) is 5.91 Å². The van der Waals surface area contributed by atoms with Crippen LogP contribution < -0.4 is 10.1 Å². The van der Waals surface area contributed by atoms with Gasteiger partial charge in [0, 0.05) is 18.1 Å². The van der Waals surface area contributed by atoms with Crippen LogP contribution >= 0.6 is 11.6 Å². The van der Waals surface area contributed by atoms with Crippen LogP contribution in [0.4, 0.5) is 13.2 Å². The second kappa shape index (κ2) is 6.88. The van der Waals surface area contributed by atoms with E-state index in [1.807, 2.05) is 6.07 Å². The molecule has 0 spiro atoms. The average molecular weight is 441 g/mol. The average Bonchev–Trinajstić information content (AvgIpc) is 3.41. The Hall–Kier alpha value is -2.26. The molecule has 30 heavy (non-hydrogen) atoms. The van der Waals surface area contributed by atoms with Crippen molar-refractivity contribution < 1.29 is 22.7 Å². The van der Waals surface area contributed by atoms with Crippen molar-refractivity contribution in [1.29, 1.82) is 0 Å². The Morgan fingerprint density at radius 3 is 2.80 bits per heavy atom. The van der Waals surface area contributed by atoms with Gasteiger partial charge in [-0.3, -0.25) is 14.4 Å². The Bertz CT molecular complexity index is 1000. The number of alkyl halides is 3. The van der Waals surface area contributed by atoms with Crippen LogP contribution in [0.3, 0.4) is 0 Å². The van der Waals surface area contributed by atoms with Gasteiger partial charge in [0.15, 0.2) is 5.69 Å². The summed E-state index contributed by atoms with van der Waals surface area (Å²) in [5, 5.41) is 7.81. The summed E-state index contributed by atoms with van der Waals surface area (Å²) < 4.78 is 47.6. The third-order valence-electron chi connectivity index (χ3n) is 6.15. The van der Waals surface area contributed by atoms with Crippen molar-refractivity contribution in [3.05, 3.63) is 46.2 Å². The van der Waals surface area contributed by atoms with Crippen LogP contribution in [-0.2, 0) is 19.5 Å². The largest absolute Gasteiger partial charge is 0.491 e. The molecule has 2 aromatic rings. The van der Waals surface area contributed by atoms with Gasteiger partial charge in [-0.25, -0.2) is 0 Å². The number of ether oxygens (including phenoxy) is 1. The summed E-state index contributed by atoms with van der Waals surface area (Å²) in [7, 11) is 0. The fourth-order valence-corrected chi connectivity index (χ4v) is 4.55. The molecule has 1 aromatic heterocycles. The maximum atomic E-state index is 13.4. The Labute approximate surface area is 175 Å². The van der Waals surface area contributed by atoms with Crippen LogP contribution in [0.5, 0.6) is 5.75 Å². The van der Waals surface area contributed by atoms with Crippen molar-refractivity contribution in [2.75, 3.05) is 13.2 Å². The number of hydrogen-bond acceptors (Lipinski definition) is 4. The molecule has 10 heteroatoms. The van der Waals surface area contributed by atoms with E-state index in [0.717, 1.165) is 11.3 Å². The lowest BCUT2D eigenvalue weighted by Crippen LogP contribution is -2.51. The zero-order valence-corrected chi connectivity index (χ0v) is 16.8. The van der Waals surface area contributed by atoms with Gasteiger partial charge in [-0.1, -0.05) is 11.6 Å². The lowest BCUT2D eigenvalue weighted by Gasteiger charge is -2.36. The van der Waals surface area contributed by atoms with Crippen molar-refractivity contribution in [2.24, 2.45) is 0 Å². The van der Waals surface area contributed by atoms with Gasteiger partial charge in [0.05, 0.1) is 18.3 Å². The minimum Gasteiger partial charge on any atom is -0.491 e. The summed E-state index contributed by atoms with van der Waals surface area (Å²) in [5.41, 5.74) is 0.0410. The summed E-state index contributed by atoms with van der Waals surface area (Å²) >= 11 is 6.03. The molecule has 0 bridgehead atoms. The maximum absolute atomic E-state index is 13.4. The van der Waals surface area contributed by atoms with E-state index in [1.165, 1.54) is 4.90 Å². The van der Waals surface area contributed by atoms with E-state index in [0.29, 0.717) is 30.3 Å². The molecule has 6 nitrogen and oxygen atoms in total. The molecular weight excluding hydrogens is 421 g/mol. The minimum atomic E-state index is -4.24. The standard InChI is InChI=1S/C20H20ClF3N4O2/c21-13-1-2-17-12(7-13)8-14(11-30-17)25-18(29)16-9-15-10-27(5-6-28(15)26-16)19(3-4-19)20(22,23)24/h1-2,7,9,14H,3-6,8,10-11H2,(H,25,29)/t14-/m1/s1. The number of benzene rings is 1. The van der Waals surface area contributed by atoms with Crippen LogP contribution in [0.2, 0.25) is 5.02 Å². The molecule has 1 N–H and O–H groups in total. The first kappa shape index (κ1) is 19.7. The van der Waals surface area contributed by atoms with Gasteiger partial charge < -0.3 is 10.1 Å². The summed E-state index contributed by atoms with van der Waals surface area (Å²) in [4.78, 5) is 14.2. The number of rotatable bonds is 3. The van der Waals surface area contributed by atoms with E-state index in [9.17, 15) is 18.0 Å². The lowest BCUT2D eigenvalue weighted by molar-refractivity contribution is -0.200. The fraction of sp³-hybridized carbons (Fsp3) is 0.500. The predicted octanol–water partition coefficient (Wildman–Crippen LogP) is 3.18. The van der Waals surface area contributed by atoms with Crippen LogP contribution in [0, 0.1) is 0 Å². The third kappa shape index (κ3) is 3.33. The molecule has 5 rings (SSSR count). The molecule has 160 valence electrons. The molecular formula is C20H20ClF3N4O2. The van der Waals surface area contributed by atoms with Gasteiger partial charge in [0.1, 0.15) is 17.9 Å². The molecule has 0 saturated heterocycles. The van der Waals surface area contributed by atoms with E-state index in [4.69, 9.17) is 16.3 Å². The zero-order valence-electron chi connectivity index (χ0n) is 16.0. The van der Waals surface area contributed by atoms with Gasteiger partial charge in [-0.2, -0.15) is 18.3 Å². The second-order valence-corrected chi connectivity index (χ2v) is 8.57. The number of hydrogen-bond donors (Lipinski definition) is 1. The van der Waals surface area contributed by atoms with Gasteiger partial charge in [-0.05, 0) is 49.1 Å². The molecule has 0 unspecified atom stereocenters. The molecule has 1 saturated carbocycles. The highest BCUT2D eigenvalue weighted by Gasteiger charge is 2.66. The van der Waals surface area contributed by atoms with Crippen molar-refractivity contribution in [1.82, 2.24) is 20.0 Å². The van der Waals surface area contributed by atoms with Gasteiger partial charge >= 0.3 is 6.18 Å². The molecule has 1 aromatic carbocycles. The van der Waals surface area contributed by atoms with Gasteiger partial charge in [-0.15, -0.1) is 0 Å². The van der Waals surface area contributed by atoms with E-state index < -0.39 is 11.7 Å². The van der Waals surface area contributed by atoms with Crippen molar-refractivity contribution in [3.8, 4) is 5.75 Å². The number of nitrogens with one attached hydrogen (secondary N) is 1.